The molecule has 144 valence electrons. The molecule has 3 aromatic rings. The molecule has 8 nitrogen and oxygen atoms in total. The fourth-order valence-electron chi connectivity index (χ4n) is 3.70. The molecule has 0 radical (unpaired) electrons. The number of carbonyl (C=O) groups excluding carboxylic acids is 1. The summed E-state index contributed by atoms with van der Waals surface area (Å²) in [4.78, 5) is 33.5. The predicted molar refractivity (Wildman–Crippen MR) is 103 cm³/mol. The zero-order valence-electron chi connectivity index (χ0n) is 15.5. The van der Waals surface area contributed by atoms with Gasteiger partial charge in [-0.15, -0.1) is 0 Å². The minimum atomic E-state index is -0.131. The van der Waals surface area contributed by atoms with Crippen LogP contribution in [0, 0.1) is 5.92 Å². The van der Waals surface area contributed by atoms with Gasteiger partial charge in [0.25, 0.3) is 11.5 Å². The largest absolute Gasteiger partial charge is 0.368 e. The van der Waals surface area contributed by atoms with Crippen LogP contribution in [0.1, 0.15) is 23.4 Å². The molecule has 1 aliphatic heterocycles. The quantitative estimate of drug-likeness (QED) is 0.687. The van der Waals surface area contributed by atoms with E-state index in [9.17, 15) is 9.59 Å². The summed E-state index contributed by atoms with van der Waals surface area (Å²) < 4.78 is 6.69. The van der Waals surface area contributed by atoms with Gasteiger partial charge in [-0.05, 0) is 37.0 Å². The molecular formula is C20H21N5O3. The Balaban J connectivity index is 1.31. The van der Waals surface area contributed by atoms with Gasteiger partial charge in [0.15, 0.2) is 0 Å². The van der Waals surface area contributed by atoms with Crippen molar-refractivity contribution in [2.45, 2.75) is 19.4 Å². The highest BCUT2D eigenvalue weighted by molar-refractivity contribution is 5.91. The lowest BCUT2D eigenvalue weighted by atomic mass is 10.2. The average molecular weight is 379 g/mol. The normalized spacial score (nSPS) is 17.3. The molecule has 28 heavy (non-hydrogen) atoms. The van der Waals surface area contributed by atoms with Crippen LogP contribution in [0.2, 0.25) is 0 Å². The summed E-state index contributed by atoms with van der Waals surface area (Å²) in [6, 6.07) is 7.39. The van der Waals surface area contributed by atoms with Crippen molar-refractivity contribution in [3.63, 3.8) is 0 Å². The molecular weight excluding hydrogens is 358 g/mol. The standard InChI is InChI=1S/C20H21N5O3/c26-19-16-4-3-15(11-17(16)21-13-25(19)12-14-1-2-14)23-7-9-24(10-8-23)20(27)18-5-6-22-28-18/h3-6,11,13-14H,1-2,7-10,12H2. The lowest BCUT2D eigenvalue weighted by molar-refractivity contribution is 0.0705. The molecule has 0 spiro atoms. The molecule has 0 bridgehead atoms. The van der Waals surface area contributed by atoms with Crippen molar-refractivity contribution in [1.29, 1.82) is 0 Å². The summed E-state index contributed by atoms with van der Waals surface area (Å²) in [5.41, 5.74) is 1.77. The van der Waals surface area contributed by atoms with E-state index in [-0.39, 0.29) is 17.2 Å². The number of hydrogen-bond acceptors (Lipinski definition) is 6. The smallest absolute Gasteiger partial charge is 0.292 e. The van der Waals surface area contributed by atoms with E-state index >= 15 is 0 Å². The highest BCUT2D eigenvalue weighted by Gasteiger charge is 2.25. The van der Waals surface area contributed by atoms with Crippen molar-refractivity contribution in [2.75, 3.05) is 31.1 Å². The van der Waals surface area contributed by atoms with E-state index in [0.29, 0.717) is 37.5 Å². The molecule has 1 amide bonds. The molecule has 3 heterocycles. The first-order chi connectivity index (χ1) is 13.7. The molecule has 1 aliphatic carbocycles. The molecule has 0 N–H and O–H groups in total. The minimum absolute atomic E-state index is 0.0333. The van der Waals surface area contributed by atoms with Crippen molar-refractivity contribution < 1.29 is 9.32 Å². The first-order valence-electron chi connectivity index (χ1n) is 9.63. The SMILES string of the molecule is O=C(c1ccno1)N1CCN(c2ccc3c(=O)n(CC4CC4)cnc3c2)CC1. The van der Waals surface area contributed by atoms with Crippen molar-refractivity contribution in [1.82, 2.24) is 19.6 Å². The molecule has 2 fully saturated rings. The fourth-order valence-corrected chi connectivity index (χ4v) is 3.70. The maximum absolute atomic E-state index is 12.7. The Bertz CT molecular complexity index is 1060. The summed E-state index contributed by atoms with van der Waals surface area (Å²) >= 11 is 0. The second kappa shape index (κ2) is 6.78. The van der Waals surface area contributed by atoms with Gasteiger partial charge in [0, 0.05) is 44.5 Å². The predicted octanol–water partition coefficient (Wildman–Crippen LogP) is 1.76. The number of piperazine rings is 1. The lowest BCUT2D eigenvalue weighted by Crippen LogP contribution is -2.48. The van der Waals surface area contributed by atoms with Gasteiger partial charge in [-0.3, -0.25) is 14.2 Å². The molecule has 2 aromatic heterocycles. The summed E-state index contributed by atoms with van der Waals surface area (Å²) in [5, 5.41) is 4.25. The molecule has 5 rings (SSSR count). The van der Waals surface area contributed by atoms with Crippen molar-refractivity contribution in [3.05, 3.63) is 52.9 Å². The number of aromatic nitrogens is 3. The van der Waals surface area contributed by atoms with Crippen LogP contribution in [0.3, 0.4) is 0 Å². The van der Waals surface area contributed by atoms with Gasteiger partial charge in [-0.1, -0.05) is 5.16 Å². The van der Waals surface area contributed by atoms with E-state index < -0.39 is 0 Å². The number of hydrogen-bond donors (Lipinski definition) is 0. The molecule has 2 aliphatic rings. The number of rotatable bonds is 4. The molecule has 0 atom stereocenters. The monoisotopic (exact) mass is 379 g/mol. The third-order valence-corrected chi connectivity index (χ3v) is 5.54. The number of benzene rings is 1. The summed E-state index contributed by atoms with van der Waals surface area (Å²) in [6.45, 7) is 3.40. The molecule has 1 saturated carbocycles. The van der Waals surface area contributed by atoms with Gasteiger partial charge >= 0.3 is 0 Å². The van der Waals surface area contributed by atoms with Gasteiger partial charge in [-0.2, -0.15) is 0 Å². The topological polar surface area (TPSA) is 84.5 Å². The zero-order valence-corrected chi connectivity index (χ0v) is 15.5. The third-order valence-electron chi connectivity index (χ3n) is 5.54. The second-order valence-corrected chi connectivity index (χ2v) is 7.50. The van der Waals surface area contributed by atoms with Crippen LogP contribution in [0.25, 0.3) is 10.9 Å². The fraction of sp³-hybridized carbons (Fsp3) is 0.400. The lowest BCUT2D eigenvalue weighted by Gasteiger charge is -2.35. The summed E-state index contributed by atoms with van der Waals surface area (Å²) in [7, 11) is 0. The van der Waals surface area contributed by atoms with E-state index in [1.165, 1.54) is 19.0 Å². The van der Waals surface area contributed by atoms with E-state index in [0.717, 1.165) is 17.7 Å². The third kappa shape index (κ3) is 3.15. The van der Waals surface area contributed by atoms with Gasteiger partial charge in [0.05, 0.1) is 23.4 Å². The Hall–Kier alpha value is -3.16. The summed E-state index contributed by atoms with van der Waals surface area (Å²) in [6.07, 6.45) is 5.55. The van der Waals surface area contributed by atoms with Gasteiger partial charge in [0.1, 0.15) is 0 Å². The summed E-state index contributed by atoms with van der Waals surface area (Å²) in [5.74, 6) is 0.770. The average Bonchev–Trinajstić information content (AvgIpc) is 3.38. The van der Waals surface area contributed by atoms with Crippen molar-refractivity contribution in [2.24, 2.45) is 5.92 Å². The number of anilines is 1. The Morgan fingerprint density at radius 3 is 2.68 bits per heavy atom. The molecule has 1 saturated heterocycles. The second-order valence-electron chi connectivity index (χ2n) is 7.50. The van der Waals surface area contributed by atoms with Gasteiger partial charge < -0.3 is 14.3 Å². The maximum atomic E-state index is 12.7. The number of carbonyl (C=O) groups is 1. The number of nitrogens with zero attached hydrogens (tertiary/aromatic N) is 5. The number of amides is 1. The Labute approximate surface area is 161 Å². The van der Waals surface area contributed by atoms with Gasteiger partial charge in [-0.25, -0.2) is 4.98 Å². The van der Waals surface area contributed by atoms with Crippen molar-refractivity contribution in [3.8, 4) is 0 Å². The highest BCUT2D eigenvalue weighted by Crippen LogP contribution is 2.30. The van der Waals surface area contributed by atoms with Crippen LogP contribution in [0.4, 0.5) is 5.69 Å². The zero-order chi connectivity index (χ0) is 19.1. The Morgan fingerprint density at radius 2 is 1.96 bits per heavy atom. The molecule has 8 heteroatoms. The van der Waals surface area contributed by atoms with E-state index in [2.05, 4.69) is 15.0 Å². The first-order valence-corrected chi connectivity index (χ1v) is 9.63. The van der Waals surface area contributed by atoms with Crippen LogP contribution in [0.15, 0.2) is 46.1 Å². The van der Waals surface area contributed by atoms with Crippen LogP contribution in [-0.4, -0.2) is 51.7 Å². The Morgan fingerprint density at radius 1 is 1.14 bits per heavy atom. The van der Waals surface area contributed by atoms with Crippen LogP contribution in [-0.2, 0) is 6.54 Å². The molecule has 1 aromatic carbocycles. The highest BCUT2D eigenvalue weighted by atomic mass is 16.5. The first kappa shape index (κ1) is 17.0. The van der Waals surface area contributed by atoms with Crippen LogP contribution < -0.4 is 10.5 Å². The number of fused-ring (bicyclic) bond motifs is 1. The van der Waals surface area contributed by atoms with E-state index in [1.807, 2.05) is 18.2 Å². The van der Waals surface area contributed by atoms with Crippen molar-refractivity contribution >= 4 is 22.5 Å². The van der Waals surface area contributed by atoms with Crippen LogP contribution in [0.5, 0.6) is 0 Å². The maximum Gasteiger partial charge on any atom is 0.292 e. The van der Waals surface area contributed by atoms with E-state index in [4.69, 9.17) is 4.52 Å². The van der Waals surface area contributed by atoms with E-state index in [1.54, 1.807) is 21.9 Å². The van der Waals surface area contributed by atoms with Gasteiger partial charge in [0.2, 0.25) is 5.76 Å². The molecule has 0 unspecified atom stereocenters. The Kier molecular flexibility index (Phi) is 4.11. The van der Waals surface area contributed by atoms with Crippen LogP contribution >= 0.6 is 0 Å². The minimum Gasteiger partial charge on any atom is -0.368 e.